The number of pyridine rings is 1. The second kappa shape index (κ2) is 4.78. The minimum absolute atomic E-state index is 0.224. The molecular formula is C12H13ClN4O. The lowest BCUT2D eigenvalue weighted by molar-refractivity contribution is 0.102. The summed E-state index contributed by atoms with van der Waals surface area (Å²) < 4.78 is 1.73. The number of rotatable bonds is 2. The van der Waals surface area contributed by atoms with E-state index in [2.05, 4.69) is 15.4 Å². The minimum atomic E-state index is -0.224. The molecule has 0 atom stereocenters. The Hall–Kier alpha value is -1.88. The molecule has 0 bridgehead atoms. The van der Waals surface area contributed by atoms with Gasteiger partial charge in [0, 0.05) is 13.2 Å². The standard InChI is InChI=1S/C12H13ClN4O/c1-7-11(8(2)17(3)16-7)15-12(18)9-4-5-10(13)14-6-9/h4-6H,1-3H3,(H,15,18). The second-order valence-electron chi connectivity index (χ2n) is 3.99. The van der Waals surface area contributed by atoms with Crippen molar-refractivity contribution in [2.75, 3.05) is 5.32 Å². The molecule has 2 aromatic rings. The number of carbonyl (C=O) groups is 1. The van der Waals surface area contributed by atoms with Gasteiger partial charge in [0.1, 0.15) is 5.15 Å². The minimum Gasteiger partial charge on any atom is -0.319 e. The number of hydrogen-bond donors (Lipinski definition) is 1. The van der Waals surface area contributed by atoms with Gasteiger partial charge in [-0.1, -0.05) is 11.6 Å². The molecule has 6 heteroatoms. The fourth-order valence-electron chi connectivity index (χ4n) is 1.65. The molecule has 1 amide bonds. The molecule has 2 heterocycles. The highest BCUT2D eigenvalue weighted by molar-refractivity contribution is 6.29. The average molecular weight is 265 g/mol. The van der Waals surface area contributed by atoms with Crippen molar-refractivity contribution in [2.45, 2.75) is 13.8 Å². The fraction of sp³-hybridized carbons (Fsp3) is 0.250. The molecule has 0 aliphatic carbocycles. The van der Waals surface area contributed by atoms with Gasteiger partial charge in [0.25, 0.3) is 5.91 Å². The molecule has 2 rings (SSSR count). The Kier molecular flexibility index (Phi) is 3.34. The van der Waals surface area contributed by atoms with Crippen LogP contribution in [0, 0.1) is 13.8 Å². The van der Waals surface area contributed by atoms with Gasteiger partial charge in [-0.15, -0.1) is 0 Å². The Morgan fingerprint density at radius 1 is 1.39 bits per heavy atom. The van der Waals surface area contributed by atoms with Crippen molar-refractivity contribution in [1.82, 2.24) is 14.8 Å². The van der Waals surface area contributed by atoms with Crippen molar-refractivity contribution in [3.05, 3.63) is 40.4 Å². The van der Waals surface area contributed by atoms with E-state index >= 15 is 0 Å². The van der Waals surface area contributed by atoms with E-state index in [-0.39, 0.29) is 5.91 Å². The molecule has 0 radical (unpaired) electrons. The van der Waals surface area contributed by atoms with Crippen LogP contribution < -0.4 is 5.32 Å². The van der Waals surface area contributed by atoms with E-state index in [1.54, 1.807) is 16.8 Å². The van der Waals surface area contributed by atoms with E-state index in [0.717, 1.165) is 17.1 Å². The van der Waals surface area contributed by atoms with Crippen molar-refractivity contribution in [2.24, 2.45) is 7.05 Å². The van der Waals surface area contributed by atoms with E-state index in [1.165, 1.54) is 6.20 Å². The summed E-state index contributed by atoms with van der Waals surface area (Å²) in [5.74, 6) is -0.224. The number of hydrogen-bond acceptors (Lipinski definition) is 3. The monoisotopic (exact) mass is 264 g/mol. The average Bonchev–Trinajstić information content (AvgIpc) is 2.57. The summed E-state index contributed by atoms with van der Waals surface area (Å²) in [5, 5.41) is 7.43. The maximum Gasteiger partial charge on any atom is 0.257 e. The van der Waals surface area contributed by atoms with E-state index in [4.69, 9.17) is 11.6 Å². The maximum atomic E-state index is 12.0. The van der Waals surface area contributed by atoms with Gasteiger partial charge in [-0.3, -0.25) is 9.48 Å². The Balaban J connectivity index is 2.24. The topological polar surface area (TPSA) is 59.8 Å². The van der Waals surface area contributed by atoms with Crippen LogP contribution in [0.4, 0.5) is 5.69 Å². The van der Waals surface area contributed by atoms with Crippen LogP contribution in [0.5, 0.6) is 0 Å². The molecule has 0 saturated heterocycles. The SMILES string of the molecule is Cc1nn(C)c(C)c1NC(=O)c1ccc(Cl)nc1. The third-order valence-corrected chi connectivity index (χ3v) is 2.96. The number of nitrogens with one attached hydrogen (secondary N) is 1. The summed E-state index contributed by atoms with van der Waals surface area (Å²) in [6.07, 6.45) is 1.44. The molecule has 94 valence electrons. The Bertz CT molecular complexity index is 589. The summed E-state index contributed by atoms with van der Waals surface area (Å²) in [6, 6.07) is 3.21. The lowest BCUT2D eigenvalue weighted by Gasteiger charge is -2.05. The molecule has 5 nitrogen and oxygen atoms in total. The number of aromatic nitrogens is 3. The quantitative estimate of drug-likeness (QED) is 0.847. The van der Waals surface area contributed by atoms with Crippen LogP contribution in [-0.2, 0) is 7.05 Å². The van der Waals surface area contributed by atoms with Gasteiger partial charge in [-0.25, -0.2) is 4.98 Å². The van der Waals surface area contributed by atoms with Gasteiger partial charge in [0.05, 0.1) is 22.6 Å². The molecule has 0 aliphatic rings. The van der Waals surface area contributed by atoms with Gasteiger partial charge in [0.15, 0.2) is 0 Å². The number of anilines is 1. The van der Waals surface area contributed by atoms with E-state index in [1.807, 2.05) is 20.9 Å². The van der Waals surface area contributed by atoms with Crippen LogP contribution in [0.2, 0.25) is 5.15 Å². The van der Waals surface area contributed by atoms with Gasteiger partial charge >= 0.3 is 0 Å². The highest BCUT2D eigenvalue weighted by Gasteiger charge is 2.13. The number of aryl methyl sites for hydroxylation is 2. The van der Waals surface area contributed by atoms with Crippen LogP contribution in [-0.4, -0.2) is 20.7 Å². The highest BCUT2D eigenvalue weighted by Crippen LogP contribution is 2.19. The zero-order valence-electron chi connectivity index (χ0n) is 10.4. The summed E-state index contributed by atoms with van der Waals surface area (Å²) >= 11 is 5.67. The van der Waals surface area contributed by atoms with Crippen molar-refractivity contribution in [3.63, 3.8) is 0 Å². The number of carbonyl (C=O) groups excluding carboxylic acids is 1. The summed E-state index contributed by atoms with van der Waals surface area (Å²) in [7, 11) is 1.84. The van der Waals surface area contributed by atoms with Crippen LogP contribution in [0.25, 0.3) is 0 Å². The predicted octanol–water partition coefficient (Wildman–Crippen LogP) is 2.34. The van der Waals surface area contributed by atoms with Crippen molar-refractivity contribution in [1.29, 1.82) is 0 Å². The van der Waals surface area contributed by atoms with Crippen LogP contribution in [0.3, 0.4) is 0 Å². The first kappa shape index (κ1) is 12.6. The number of halogens is 1. The molecule has 0 saturated carbocycles. The van der Waals surface area contributed by atoms with Gasteiger partial charge < -0.3 is 5.32 Å². The molecule has 18 heavy (non-hydrogen) atoms. The van der Waals surface area contributed by atoms with Crippen LogP contribution in [0.1, 0.15) is 21.7 Å². The first-order chi connectivity index (χ1) is 8.49. The smallest absolute Gasteiger partial charge is 0.257 e. The Labute approximate surface area is 110 Å². The third kappa shape index (κ3) is 2.36. The Morgan fingerprint density at radius 2 is 2.11 bits per heavy atom. The van der Waals surface area contributed by atoms with Crippen molar-refractivity contribution in [3.8, 4) is 0 Å². The molecule has 0 unspecified atom stereocenters. The summed E-state index contributed by atoms with van der Waals surface area (Å²) in [6.45, 7) is 3.75. The van der Waals surface area contributed by atoms with Crippen molar-refractivity contribution >= 4 is 23.2 Å². The molecule has 1 N–H and O–H groups in total. The summed E-state index contributed by atoms with van der Waals surface area (Å²) in [4.78, 5) is 15.9. The van der Waals surface area contributed by atoms with E-state index in [9.17, 15) is 4.79 Å². The molecule has 2 aromatic heterocycles. The van der Waals surface area contributed by atoms with Gasteiger partial charge in [-0.05, 0) is 26.0 Å². The van der Waals surface area contributed by atoms with Gasteiger partial charge in [-0.2, -0.15) is 5.10 Å². The second-order valence-corrected chi connectivity index (χ2v) is 4.38. The van der Waals surface area contributed by atoms with E-state index in [0.29, 0.717) is 10.7 Å². The lowest BCUT2D eigenvalue weighted by Crippen LogP contribution is -2.13. The zero-order chi connectivity index (χ0) is 13.3. The highest BCUT2D eigenvalue weighted by atomic mass is 35.5. The molecular weight excluding hydrogens is 252 g/mol. The van der Waals surface area contributed by atoms with Gasteiger partial charge in [0.2, 0.25) is 0 Å². The Morgan fingerprint density at radius 3 is 2.61 bits per heavy atom. The molecule has 0 aromatic carbocycles. The lowest BCUT2D eigenvalue weighted by atomic mass is 10.2. The zero-order valence-corrected chi connectivity index (χ0v) is 11.1. The molecule has 0 spiro atoms. The fourth-order valence-corrected chi connectivity index (χ4v) is 1.76. The summed E-state index contributed by atoms with van der Waals surface area (Å²) in [5.41, 5.74) is 2.88. The third-order valence-electron chi connectivity index (χ3n) is 2.74. The normalized spacial score (nSPS) is 10.4. The van der Waals surface area contributed by atoms with Crippen molar-refractivity contribution < 1.29 is 4.79 Å². The number of amides is 1. The maximum absolute atomic E-state index is 12.0. The molecule has 0 aliphatic heterocycles. The van der Waals surface area contributed by atoms with E-state index < -0.39 is 0 Å². The largest absolute Gasteiger partial charge is 0.319 e. The predicted molar refractivity (Wildman–Crippen MR) is 69.9 cm³/mol. The van der Waals surface area contributed by atoms with Crippen LogP contribution in [0.15, 0.2) is 18.3 Å². The number of nitrogens with zero attached hydrogens (tertiary/aromatic N) is 3. The first-order valence-electron chi connectivity index (χ1n) is 5.42. The van der Waals surface area contributed by atoms with Crippen LogP contribution >= 0.6 is 11.6 Å². The molecule has 0 fully saturated rings. The first-order valence-corrected chi connectivity index (χ1v) is 5.80.